The Morgan fingerprint density at radius 3 is 2.46 bits per heavy atom. The maximum Gasteiger partial charge on any atom is 0.418 e. The fourth-order valence-electron chi connectivity index (χ4n) is 3.15. The third kappa shape index (κ3) is 4.59. The molecule has 1 fully saturated rings. The Kier molecular flexibility index (Phi) is 5.83. The van der Waals surface area contributed by atoms with E-state index in [1.54, 1.807) is 6.92 Å². The normalized spacial score (nSPS) is 15.5. The van der Waals surface area contributed by atoms with Gasteiger partial charge in [0.25, 0.3) is 5.91 Å². The minimum atomic E-state index is -4.56. The van der Waals surface area contributed by atoms with Crippen LogP contribution in [0.2, 0.25) is 0 Å². The second-order valence-corrected chi connectivity index (χ2v) is 6.58. The average Bonchev–Trinajstić information content (AvgIpc) is 2.67. The van der Waals surface area contributed by atoms with Crippen LogP contribution in [0.4, 0.5) is 24.7 Å². The first-order chi connectivity index (χ1) is 13.3. The Morgan fingerprint density at radius 2 is 1.82 bits per heavy atom. The van der Waals surface area contributed by atoms with E-state index in [1.807, 2.05) is 0 Å². The maximum absolute atomic E-state index is 13.1. The van der Waals surface area contributed by atoms with Crippen LogP contribution >= 0.6 is 0 Å². The van der Waals surface area contributed by atoms with Crippen molar-refractivity contribution in [1.82, 2.24) is 14.9 Å². The van der Waals surface area contributed by atoms with Crippen LogP contribution in [-0.4, -0.2) is 53.5 Å². The van der Waals surface area contributed by atoms with Crippen molar-refractivity contribution in [2.45, 2.75) is 20.0 Å². The molecule has 2 heterocycles. The molecule has 1 aromatic heterocycles. The van der Waals surface area contributed by atoms with E-state index in [-0.39, 0.29) is 11.4 Å². The molecule has 2 aromatic rings. The Bertz CT molecular complexity index is 848. The van der Waals surface area contributed by atoms with Gasteiger partial charge in [-0.05, 0) is 25.6 Å². The summed E-state index contributed by atoms with van der Waals surface area (Å²) < 4.78 is 39.4. The number of nitrogens with zero attached hydrogens (tertiary/aromatic N) is 4. The van der Waals surface area contributed by atoms with Gasteiger partial charge in [0.1, 0.15) is 17.3 Å². The highest BCUT2D eigenvalue weighted by molar-refractivity contribution is 6.03. The summed E-state index contributed by atoms with van der Waals surface area (Å²) in [5.41, 5.74) is -1.16. The standard InChI is InChI=1S/C19H22F3N5O/c1-3-26-8-10-27(11-9-26)17-12-16(23-13(2)24-17)18(28)25-15-7-5-4-6-14(15)19(20,21)22/h4-7,12H,3,8-11H2,1-2H3,(H,25,28). The number of likely N-dealkylation sites (N-methyl/N-ethyl adjacent to an activating group) is 1. The van der Waals surface area contributed by atoms with E-state index >= 15 is 0 Å². The van der Waals surface area contributed by atoms with Crippen LogP contribution in [0.3, 0.4) is 0 Å². The predicted octanol–water partition coefficient (Wildman–Crippen LogP) is 3.20. The Hall–Kier alpha value is -2.68. The lowest BCUT2D eigenvalue weighted by molar-refractivity contribution is -0.136. The van der Waals surface area contributed by atoms with E-state index in [1.165, 1.54) is 24.3 Å². The smallest absolute Gasteiger partial charge is 0.354 e. The van der Waals surface area contributed by atoms with Gasteiger partial charge in [0.05, 0.1) is 11.3 Å². The number of anilines is 2. The topological polar surface area (TPSA) is 61.4 Å². The molecule has 1 amide bonds. The molecule has 1 N–H and O–H groups in total. The third-order valence-corrected chi connectivity index (χ3v) is 4.68. The lowest BCUT2D eigenvalue weighted by Crippen LogP contribution is -2.46. The number of carbonyl (C=O) groups is 1. The number of piperazine rings is 1. The molecule has 0 spiro atoms. The third-order valence-electron chi connectivity index (χ3n) is 4.68. The fourth-order valence-corrected chi connectivity index (χ4v) is 3.15. The highest BCUT2D eigenvalue weighted by Gasteiger charge is 2.33. The summed E-state index contributed by atoms with van der Waals surface area (Å²) in [6, 6.07) is 6.40. The lowest BCUT2D eigenvalue weighted by atomic mass is 10.1. The van der Waals surface area contributed by atoms with Gasteiger partial charge in [0, 0.05) is 32.2 Å². The molecular formula is C19H22F3N5O. The van der Waals surface area contributed by atoms with Gasteiger partial charge >= 0.3 is 6.18 Å². The molecule has 3 rings (SSSR count). The molecule has 0 aliphatic carbocycles. The molecule has 0 saturated carbocycles. The minimum absolute atomic E-state index is 0.0393. The first kappa shape index (κ1) is 20.1. The number of aryl methyl sites for hydroxylation is 1. The number of carbonyl (C=O) groups excluding carboxylic acids is 1. The van der Waals surface area contributed by atoms with Gasteiger partial charge in [-0.2, -0.15) is 13.2 Å². The molecule has 150 valence electrons. The van der Waals surface area contributed by atoms with Crippen LogP contribution < -0.4 is 10.2 Å². The second-order valence-electron chi connectivity index (χ2n) is 6.58. The number of aromatic nitrogens is 2. The van der Waals surface area contributed by atoms with E-state index in [9.17, 15) is 18.0 Å². The van der Waals surface area contributed by atoms with Crippen LogP contribution in [0, 0.1) is 6.92 Å². The van der Waals surface area contributed by atoms with Crippen molar-refractivity contribution >= 4 is 17.4 Å². The molecule has 1 saturated heterocycles. The van der Waals surface area contributed by atoms with Crippen LogP contribution in [0.5, 0.6) is 0 Å². The maximum atomic E-state index is 13.1. The summed E-state index contributed by atoms with van der Waals surface area (Å²) in [7, 11) is 0. The van der Waals surface area contributed by atoms with Crippen molar-refractivity contribution in [2.24, 2.45) is 0 Å². The number of benzene rings is 1. The molecule has 1 aliphatic rings. The highest BCUT2D eigenvalue weighted by atomic mass is 19.4. The molecule has 1 aromatic carbocycles. The van der Waals surface area contributed by atoms with Gasteiger partial charge in [-0.3, -0.25) is 4.79 Å². The van der Waals surface area contributed by atoms with Gasteiger partial charge < -0.3 is 15.1 Å². The zero-order chi connectivity index (χ0) is 20.3. The summed E-state index contributed by atoms with van der Waals surface area (Å²) >= 11 is 0. The molecule has 0 atom stereocenters. The molecule has 0 radical (unpaired) electrons. The molecule has 0 unspecified atom stereocenters. The number of nitrogens with one attached hydrogen (secondary N) is 1. The Labute approximate surface area is 161 Å². The van der Waals surface area contributed by atoms with Gasteiger partial charge in [0.15, 0.2) is 0 Å². The first-order valence-corrected chi connectivity index (χ1v) is 9.08. The second kappa shape index (κ2) is 8.14. The zero-order valence-corrected chi connectivity index (χ0v) is 15.8. The van der Waals surface area contributed by atoms with Crippen LogP contribution in [-0.2, 0) is 6.18 Å². The van der Waals surface area contributed by atoms with Gasteiger partial charge in [0.2, 0.25) is 0 Å². The predicted molar refractivity (Wildman–Crippen MR) is 100 cm³/mol. The van der Waals surface area contributed by atoms with E-state index in [2.05, 4.69) is 32.0 Å². The summed E-state index contributed by atoms with van der Waals surface area (Å²) in [6.07, 6.45) is -4.56. The van der Waals surface area contributed by atoms with E-state index in [0.29, 0.717) is 11.6 Å². The largest absolute Gasteiger partial charge is 0.418 e. The lowest BCUT2D eigenvalue weighted by Gasteiger charge is -2.34. The van der Waals surface area contributed by atoms with E-state index in [4.69, 9.17) is 0 Å². The molecule has 0 bridgehead atoms. The molecule has 28 heavy (non-hydrogen) atoms. The first-order valence-electron chi connectivity index (χ1n) is 9.08. The van der Waals surface area contributed by atoms with Crippen molar-refractivity contribution in [2.75, 3.05) is 42.9 Å². The zero-order valence-electron chi connectivity index (χ0n) is 15.8. The molecular weight excluding hydrogens is 371 g/mol. The minimum Gasteiger partial charge on any atom is -0.354 e. The van der Waals surface area contributed by atoms with Crippen LogP contribution in [0.1, 0.15) is 28.8 Å². The van der Waals surface area contributed by atoms with Crippen LogP contribution in [0.15, 0.2) is 30.3 Å². The average molecular weight is 393 g/mol. The monoisotopic (exact) mass is 393 g/mol. The highest BCUT2D eigenvalue weighted by Crippen LogP contribution is 2.34. The molecule has 1 aliphatic heterocycles. The van der Waals surface area contributed by atoms with Crippen molar-refractivity contribution < 1.29 is 18.0 Å². The Balaban J connectivity index is 1.81. The van der Waals surface area contributed by atoms with Gasteiger partial charge in [-0.1, -0.05) is 19.1 Å². The van der Waals surface area contributed by atoms with Crippen molar-refractivity contribution in [3.8, 4) is 0 Å². The van der Waals surface area contributed by atoms with E-state index in [0.717, 1.165) is 38.8 Å². The Morgan fingerprint density at radius 1 is 1.14 bits per heavy atom. The van der Waals surface area contributed by atoms with Crippen molar-refractivity contribution in [3.63, 3.8) is 0 Å². The van der Waals surface area contributed by atoms with Crippen LogP contribution in [0.25, 0.3) is 0 Å². The number of hydrogen-bond acceptors (Lipinski definition) is 5. The van der Waals surface area contributed by atoms with Crippen molar-refractivity contribution in [1.29, 1.82) is 0 Å². The SMILES string of the molecule is CCN1CCN(c2cc(C(=O)Nc3ccccc3C(F)(F)F)nc(C)n2)CC1. The fraction of sp³-hybridized carbons (Fsp3) is 0.421. The number of para-hydroxylation sites is 1. The molecule has 6 nitrogen and oxygen atoms in total. The van der Waals surface area contributed by atoms with Gasteiger partial charge in [-0.15, -0.1) is 0 Å². The number of halogens is 3. The number of alkyl halides is 3. The van der Waals surface area contributed by atoms with Crippen molar-refractivity contribution in [3.05, 3.63) is 47.4 Å². The molecule has 9 heteroatoms. The summed E-state index contributed by atoms with van der Waals surface area (Å²) in [5.74, 6) is 0.304. The quantitative estimate of drug-likeness (QED) is 0.865. The van der Waals surface area contributed by atoms with E-state index < -0.39 is 17.6 Å². The van der Waals surface area contributed by atoms with Gasteiger partial charge in [-0.25, -0.2) is 9.97 Å². The summed E-state index contributed by atoms with van der Waals surface area (Å²) in [5, 5.41) is 2.33. The number of hydrogen-bond donors (Lipinski definition) is 1. The summed E-state index contributed by atoms with van der Waals surface area (Å²) in [4.78, 5) is 25.4. The number of amides is 1. The number of rotatable bonds is 4. The summed E-state index contributed by atoms with van der Waals surface area (Å²) in [6.45, 7) is 8.05.